The van der Waals surface area contributed by atoms with E-state index >= 15 is 0 Å². The van der Waals surface area contributed by atoms with Gasteiger partial charge in [-0.3, -0.25) is 14.9 Å². The van der Waals surface area contributed by atoms with E-state index in [-0.39, 0.29) is 5.69 Å². The van der Waals surface area contributed by atoms with Crippen molar-refractivity contribution in [2.75, 3.05) is 5.32 Å². The van der Waals surface area contributed by atoms with Crippen LogP contribution in [0.15, 0.2) is 42.5 Å². The summed E-state index contributed by atoms with van der Waals surface area (Å²) in [7, 11) is 0. The molecule has 0 radical (unpaired) electrons. The maximum Gasteiger partial charge on any atom is 0.271 e. The van der Waals surface area contributed by atoms with Crippen molar-refractivity contribution in [1.29, 1.82) is 0 Å². The van der Waals surface area contributed by atoms with Crippen LogP contribution in [0.25, 0.3) is 6.08 Å². The van der Waals surface area contributed by atoms with Gasteiger partial charge in [-0.25, -0.2) is 0 Å². The van der Waals surface area contributed by atoms with Crippen LogP contribution in [0.2, 0.25) is 10.0 Å². The first-order valence-electron chi connectivity index (χ1n) is 6.56. The van der Waals surface area contributed by atoms with Crippen molar-refractivity contribution in [3.63, 3.8) is 0 Å². The number of nitro groups is 1. The summed E-state index contributed by atoms with van der Waals surface area (Å²) in [6, 6.07) is 9.27. The summed E-state index contributed by atoms with van der Waals surface area (Å²) in [5, 5.41) is 14.2. The van der Waals surface area contributed by atoms with E-state index in [1.165, 1.54) is 18.2 Å². The molecule has 118 valence electrons. The lowest BCUT2D eigenvalue weighted by atomic mass is 10.1. The van der Waals surface area contributed by atoms with Crippen LogP contribution in [0.4, 0.5) is 11.4 Å². The summed E-state index contributed by atoms with van der Waals surface area (Å²) in [6.07, 6.45) is 2.89. The van der Waals surface area contributed by atoms with Gasteiger partial charge in [-0.15, -0.1) is 0 Å². The van der Waals surface area contributed by atoms with Crippen LogP contribution < -0.4 is 5.32 Å². The number of non-ortho nitro benzene ring substituents is 1. The number of nitrogens with zero attached hydrogens (tertiary/aromatic N) is 1. The normalized spacial score (nSPS) is 10.7. The number of anilines is 1. The van der Waals surface area contributed by atoms with Crippen LogP contribution >= 0.6 is 23.2 Å². The average Bonchev–Trinajstić information content (AvgIpc) is 2.50. The largest absolute Gasteiger partial charge is 0.322 e. The molecule has 0 heterocycles. The molecule has 7 heteroatoms. The average molecular weight is 351 g/mol. The molecule has 0 saturated heterocycles. The molecule has 2 aromatic carbocycles. The zero-order valence-electron chi connectivity index (χ0n) is 12.0. The lowest BCUT2D eigenvalue weighted by molar-refractivity contribution is -0.384. The van der Waals surface area contributed by atoms with Gasteiger partial charge in [0.1, 0.15) is 0 Å². The summed E-state index contributed by atoms with van der Waals surface area (Å²) in [4.78, 5) is 22.2. The fourth-order valence-corrected chi connectivity index (χ4v) is 2.13. The monoisotopic (exact) mass is 350 g/mol. The highest BCUT2D eigenvalue weighted by atomic mass is 35.5. The van der Waals surface area contributed by atoms with E-state index in [1.54, 1.807) is 37.3 Å². The molecular formula is C16H12Cl2N2O3. The van der Waals surface area contributed by atoms with Crippen molar-refractivity contribution < 1.29 is 9.72 Å². The van der Waals surface area contributed by atoms with Crippen LogP contribution in [0.5, 0.6) is 0 Å². The number of hydrogen-bond acceptors (Lipinski definition) is 3. The highest BCUT2D eigenvalue weighted by Gasteiger charge is 2.09. The quantitative estimate of drug-likeness (QED) is 0.486. The van der Waals surface area contributed by atoms with Crippen molar-refractivity contribution in [2.45, 2.75) is 6.92 Å². The van der Waals surface area contributed by atoms with Gasteiger partial charge in [-0.2, -0.15) is 0 Å². The number of nitro benzene ring substituents is 1. The SMILES string of the molecule is Cc1ccc([N+](=O)[O-])cc1NC(=O)C=Cc1ccc(Cl)c(Cl)c1. The van der Waals surface area contributed by atoms with Crippen molar-refractivity contribution in [1.82, 2.24) is 0 Å². The summed E-state index contributed by atoms with van der Waals surface area (Å²) in [5.74, 6) is -0.403. The maximum absolute atomic E-state index is 11.9. The number of amides is 1. The third-order valence-corrected chi connectivity index (χ3v) is 3.80. The first-order chi connectivity index (χ1) is 10.9. The Labute approximate surface area is 142 Å². The van der Waals surface area contributed by atoms with Crippen molar-refractivity contribution >= 4 is 46.6 Å². The first kappa shape index (κ1) is 17.0. The fraction of sp³-hybridized carbons (Fsp3) is 0.0625. The summed E-state index contributed by atoms with van der Waals surface area (Å²) < 4.78 is 0. The van der Waals surface area contributed by atoms with E-state index in [2.05, 4.69) is 5.32 Å². The zero-order chi connectivity index (χ0) is 17.0. The molecule has 0 aromatic heterocycles. The van der Waals surface area contributed by atoms with Crippen LogP contribution in [-0.2, 0) is 4.79 Å². The third-order valence-electron chi connectivity index (χ3n) is 3.06. The molecule has 0 bridgehead atoms. The number of aryl methyl sites for hydroxylation is 1. The molecule has 0 saturated carbocycles. The number of halogens is 2. The summed E-state index contributed by atoms with van der Waals surface area (Å²) in [6.45, 7) is 1.75. The maximum atomic E-state index is 11.9. The standard InChI is InChI=1S/C16H12Cl2N2O3/c1-10-2-5-12(20(22)23)9-15(10)19-16(21)7-4-11-3-6-13(17)14(18)8-11/h2-9H,1H3,(H,19,21). The minimum absolute atomic E-state index is 0.0839. The van der Waals surface area contributed by atoms with E-state index in [9.17, 15) is 14.9 Å². The van der Waals surface area contributed by atoms with E-state index in [1.807, 2.05) is 0 Å². The molecule has 0 atom stereocenters. The third kappa shape index (κ3) is 4.55. The van der Waals surface area contributed by atoms with E-state index in [4.69, 9.17) is 23.2 Å². The van der Waals surface area contributed by atoms with Crippen LogP contribution in [0, 0.1) is 17.0 Å². The highest BCUT2D eigenvalue weighted by Crippen LogP contribution is 2.24. The number of carbonyl (C=O) groups excluding carboxylic acids is 1. The molecule has 0 aliphatic carbocycles. The lowest BCUT2D eigenvalue weighted by Gasteiger charge is -2.06. The van der Waals surface area contributed by atoms with Crippen molar-refractivity contribution in [3.05, 3.63) is 73.8 Å². The number of rotatable bonds is 4. The Morgan fingerprint density at radius 3 is 2.57 bits per heavy atom. The molecule has 0 unspecified atom stereocenters. The lowest BCUT2D eigenvalue weighted by Crippen LogP contribution is -2.09. The number of hydrogen-bond donors (Lipinski definition) is 1. The smallest absolute Gasteiger partial charge is 0.271 e. The topological polar surface area (TPSA) is 72.2 Å². The van der Waals surface area contributed by atoms with Gasteiger partial charge < -0.3 is 5.32 Å². The predicted molar refractivity (Wildman–Crippen MR) is 92.0 cm³/mol. The van der Waals surface area contributed by atoms with E-state index < -0.39 is 10.8 Å². The van der Waals surface area contributed by atoms with Crippen LogP contribution in [-0.4, -0.2) is 10.8 Å². The molecule has 0 aliphatic rings. The van der Waals surface area contributed by atoms with Gasteiger partial charge in [0.15, 0.2) is 0 Å². The summed E-state index contributed by atoms with van der Waals surface area (Å²) >= 11 is 11.7. The van der Waals surface area contributed by atoms with Gasteiger partial charge in [-0.05, 0) is 36.3 Å². The van der Waals surface area contributed by atoms with E-state index in [0.29, 0.717) is 21.3 Å². The Kier molecular flexibility index (Phi) is 5.36. The fourth-order valence-electron chi connectivity index (χ4n) is 1.82. The van der Waals surface area contributed by atoms with Crippen LogP contribution in [0.1, 0.15) is 11.1 Å². The number of carbonyl (C=O) groups is 1. The van der Waals surface area contributed by atoms with Gasteiger partial charge in [0.25, 0.3) is 5.69 Å². The van der Waals surface area contributed by atoms with Gasteiger partial charge in [-0.1, -0.05) is 35.3 Å². The zero-order valence-corrected chi connectivity index (χ0v) is 13.6. The Hall–Kier alpha value is -2.37. The molecule has 0 aliphatic heterocycles. The predicted octanol–water partition coefficient (Wildman–Crippen LogP) is 4.86. The van der Waals surface area contributed by atoms with Gasteiger partial charge in [0.05, 0.1) is 20.7 Å². The molecule has 0 spiro atoms. The molecule has 23 heavy (non-hydrogen) atoms. The molecule has 2 rings (SSSR count). The van der Waals surface area contributed by atoms with Gasteiger partial charge in [0.2, 0.25) is 5.91 Å². The van der Waals surface area contributed by atoms with Gasteiger partial charge in [0, 0.05) is 18.2 Å². The minimum Gasteiger partial charge on any atom is -0.322 e. The Bertz CT molecular complexity index is 804. The molecule has 1 N–H and O–H groups in total. The molecular weight excluding hydrogens is 339 g/mol. The van der Waals surface area contributed by atoms with Crippen molar-refractivity contribution in [3.8, 4) is 0 Å². The second-order valence-corrected chi connectivity index (χ2v) is 5.57. The van der Waals surface area contributed by atoms with E-state index in [0.717, 1.165) is 5.56 Å². The van der Waals surface area contributed by atoms with Gasteiger partial charge >= 0.3 is 0 Å². The minimum atomic E-state index is -0.513. The number of benzene rings is 2. The number of nitrogens with one attached hydrogen (secondary N) is 1. The van der Waals surface area contributed by atoms with Crippen LogP contribution in [0.3, 0.4) is 0 Å². The Balaban J connectivity index is 2.13. The van der Waals surface area contributed by atoms with Crippen molar-refractivity contribution in [2.24, 2.45) is 0 Å². The first-order valence-corrected chi connectivity index (χ1v) is 7.31. The second-order valence-electron chi connectivity index (χ2n) is 4.75. The molecule has 0 fully saturated rings. The molecule has 2 aromatic rings. The molecule has 1 amide bonds. The summed E-state index contributed by atoms with van der Waals surface area (Å²) in [5.41, 5.74) is 1.75. The highest BCUT2D eigenvalue weighted by molar-refractivity contribution is 6.42. The second kappa shape index (κ2) is 7.26. The Morgan fingerprint density at radius 1 is 1.17 bits per heavy atom. The Morgan fingerprint density at radius 2 is 1.91 bits per heavy atom. The molecule has 5 nitrogen and oxygen atoms in total.